The molecule has 0 unspecified atom stereocenters. The lowest BCUT2D eigenvalue weighted by Gasteiger charge is -2.13. The first kappa shape index (κ1) is 20.1. The minimum Gasteiger partial charge on any atom is -0.379 e. The van der Waals surface area contributed by atoms with Gasteiger partial charge in [0.05, 0.1) is 25.3 Å². The van der Waals surface area contributed by atoms with E-state index in [0.717, 1.165) is 41.9 Å². The molecule has 0 aliphatic heterocycles. The van der Waals surface area contributed by atoms with Crippen LogP contribution in [-0.2, 0) is 16.0 Å². The Kier molecular flexibility index (Phi) is 9.46. The Balaban J connectivity index is 1.65. The third kappa shape index (κ3) is 6.98. The van der Waals surface area contributed by atoms with Crippen molar-refractivity contribution in [3.63, 3.8) is 0 Å². The Hall–Kier alpha value is -2.18. The molecule has 0 spiro atoms. The van der Waals surface area contributed by atoms with Crippen LogP contribution in [0.2, 0.25) is 0 Å². The molecular formula is C20H30N4O2. The smallest absolute Gasteiger partial charge is 0.191 e. The first-order valence-electron chi connectivity index (χ1n) is 9.27. The number of aromatic nitrogens is 1. The van der Waals surface area contributed by atoms with Crippen LogP contribution >= 0.6 is 0 Å². The Morgan fingerprint density at radius 2 is 1.85 bits per heavy atom. The van der Waals surface area contributed by atoms with Crippen LogP contribution in [0.25, 0.3) is 10.9 Å². The van der Waals surface area contributed by atoms with E-state index in [0.29, 0.717) is 32.9 Å². The number of nitrogens with zero attached hydrogens (tertiary/aromatic N) is 2. The van der Waals surface area contributed by atoms with E-state index in [1.165, 1.54) is 0 Å². The van der Waals surface area contributed by atoms with Crippen molar-refractivity contribution in [2.45, 2.75) is 26.3 Å². The summed E-state index contributed by atoms with van der Waals surface area (Å²) in [6, 6.07) is 10.2. The van der Waals surface area contributed by atoms with E-state index in [1.54, 1.807) is 7.05 Å². The number of hydrogen-bond acceptors (Lipinski definition) is 4. The number of fused-ring (bicyclic) bond motifs is 1. The number of nitrogens with one attached hydrogen (secondary N) is 2. The van der Waals surface area contributed by atoms with Crippen molar-refractivity contribution >= 4 is 16.9 Å². The lowest BCUT2D eigenvalue weighted by atomic mass is 10.1. The van der Waals surface area contributed by atoms with Gasteiger partial charge in [0.15, 0.2) is 5.96 Å². The maximum absolute atomic E-state index is 5.55. The number of aliphatic imine (C=N–C) groups is 1. The monoisotopic (exact) mass is 358 g/mol. The highest BCUT2D eigenvalue weighted by Gasteiger charge is 2.03. The Morgan fingerprint density at radius 3 is 2.65 bits per heavy atom. The molecule has 1 aromatic heterocycles. The first-order chi connectivity index (χ1) is 12.8. The fraction of sp³-hybridized carbons (Fsp3) is 0.500. The minimum atomic E-state index is 0.619. The number of hydrogen-bond donors (Lipinski definition) is 2. The van der Waals surface area contributed by atoms with Crippen LogP contribution < -0.4 is 10.6 Å². The molecule has 0 bridgehead atoms. The van der Waals surface area contributed by atoms with Crippen molar-refractivity contribution in [3.8, 4) is 0 Å². The summed E-state index contributed by atoms with van der Waals surface area (Å²) in [5.74, 6) is 0.751. The molecular weight excluding hydrogens is 328 g/mol. The van der Waals surface area contributed by atoms with Crippen LogP contribution in [0.15, 0.2) is 41.5 Å². The summed E-state index contributed by atoms with van der Waals surface area (Å²) in [7, 11) is 1.76. The third-order valence-electron chi connectivity index (χ3n) is 3.94. The molecule has 1 aromatic carbocycles. The van der Waals surface area contributed by atoms with E-state index in [-0.39, 0.29) is 0 Å². The van der Waals surface area contributed by atoms with E-state index in [9.17, 15) is 0 Å². The maximum Gasteiger partial charge on any atom is 0.191 e. The SMILES string of the molecule is CCCCOCCOCCNC(=NC)NCc1cccc2cccnc12. The molecule has 2 aromatic rings. The van der Waals surface area contributed by atoms with Crippen LogP contribution in [0.4, 0.5) is 0 Å². The van der Waals surface area contributed by atoms with Crippen LogP contribution in [0, 0.1) is 0 Å². The van der Waals surface area contributed by atoms with Gasteiger partial charge in [-0.2, -0.15) is 0 Å². The summed E-state index contributed by atoms with van der Waals surface area (Å²) in [6.07, 6.45) is 4.09. The van der Waals surface area contributed by atoms with Crippen molar-refractivity contribution in [2.24, 2.45) is 4.99 Å². The molecule has 26 heavy (non-hydrogen) atoms. The summed E-state index contributed by atoms with van der Waals surface area (Å²) in [5, 5.41) is 7.72. The van der Waals surface area contributed by atoms with E-state index < -0.39 is 0 Å². The number of rotatable bonds is 11. The molecule has 6 nitrogen and oxygen atoms in total. The van der Waals surface area contributed by atoms with Crippen LogP contribution in [-0.4, -0.2) is 51.0 Å². The Morgan fingerprint density at radius 1 is 1.04 bits per heavy atom. The van der Waals surface area contributed by atoms with E-state index in [1.807, 2.05) is 18.3 Å². The highest BCUT2D eigenvalue weighted by molar-refractivity contribution is 5.83. The number of para-hydroxylation sites is 1. The second kappa shape index (κ2) is 12.2. The minimum absolute atomic E-state index is 0.619. The molecule has 0 saturated heterocycles. The number of ether oxygens (including phenoxy) is 2. The third-order valence-corrected chi connectivity index (χ3v) is 3.94. The van der Waals surface area contributed by atoms with Crippen LogP contribution in [0.3, 0.4) is 0 Å². The lowest BCUT2D eigenvalue weighted by molar-refractivity contribution is 0.0487. The number of benzene rings is 1. The largest absolute Gasteiger partial charge is 0.379 e. The molecule has 0 amide bonds. The summed E-state index contributed by atoms with van der Waals surface area (Å²) < 4.78 is 11.0. The van der Waals surface area contributed by atoms with Gasteiger partial charge in [-0.1, -0.05) is 37.6 Å². The van der Waals surface area contributed by atoms with Crippen LogP contribution in [0.1, 0.15) is 25.3 Å². The average Bonchev–Trinajstić information content (AvgIpc) is 2.69. The first-order valence-corrected chi connectivity index (χ1v) is 9.27. The zero-order valence-electron chi connectivity index (χ0n) is 15.8. The maximum atomic E-state index is 5.55. The van der Waals surface area contributed by atoms with Crippen molar-refractivity contribution in [1.82, 2.24) is 15.6 Å². The average molecular weight is 358 g/mol. The van der Waals surface area contributed by atoms with Gasteiger partial charge in [-0.25, -0.2) is 0 Å². The summed E-state index contributed by atoms with van der Waals surface area (Å²) in [5.41, 5.74) is 2.16. The fourth-order valence-electron chi connectivity index (χ4n) is 2.52. The van der Waals surface area contributed by atoms with Gasteiger partial charge in [0.1, 0.15) is 0 Å². The fourth-order valence-corrected chi connectivity index (χ4v) is 2.52. The standard InChI is InChI=1S/C20H30N4O2/c1-3-4-12-25-14-15-26-13-11-23-20(21-2)24-16-18-8-5-7-17-9-6-10-22-19(17)18/h5-10H,3-4,11-16H2,1-2H3,(H2,21,23,24). The number of unbranched alkanes of at least 4 members (excludes halogenated alkanes) is 1. The van der Waals surface area contributed by atoms with Gasteiger partial charge >= 0.3 is 0 Å². The highest BCUT2D eigenvalue weighted by Crippen LogP contribution is 2.15. The van der Waals surface area contributed by atoms with Crippen molar-refractivity contribution in [1.29, 1.82) is 0 Å². The second-order valence-electron chi connectivity index (χ2n) is 5.92. The zero-order valence-corrected chi connectivity index (χ0v) is 15.8. The van der Waals surface area contributed by atoms with Gasteiger partial charge < -0.3 is 20.1 Å². The molecule has 2 N–H and O–H groups in total. The molecule has 0 fully saturated rings. The molecule has 2 rings (SSSR count). The summed E-state index contributed by atoms with van der Waals surface area (Å²) in [6.45, 7) is 6.23. The van der Waals surface area contributed by atoms with E-state index >= 15 is 0 Å². The molecule has 0 aliphatic rings. The molecule has 0 radical (unpaired) electrons. The van der Waals surface area contributed by atoms with Crippen LogP contribution in [0.5, 0.6) is 0 Å². The van der Waals surface area contributed by atoms with Crippen molar-refractivity contribution in [3.05, 3.63) is 42.1 Å². The van der Waals surface area contributed by atoms with Gasteiger partial charge in [0.25, 0.3) is 0 Å². The topological polar surface area (TPSA) is 67.8 Å². The van der Waals surface area contributed by atoms with Crippen molar-refractivity contribution in [2.75, 3.05) is 40.0 Å². The molecule has 1 heterocycles. The lowest BCUT2D eigenvalue weighted by Crippen LogP contribution is -2.38. The predicted molar refractivity (Wildman–Crippen MR) is 106 cm³/mol. The van der Waals surface area contributed by atoms with E-state index in [2.05, 4.69) is 45.7 Å². The molecule has 0 atom stereocenters. The Labute approximate surface area is 156 Å². The molecule has 0 aliphatic carbocycles. The van der Waals surface area contributed by atoms with Gasteiger partial charge in [-0.05, 0) is 18.1 Å². The quantitative estimate of drug-likeness (QED) is 0.367. The van der Waals surface area contributed by atoms with Gasteiger partial charge in [-0.3, -0.25) is 9.98 Å². The normalized spacial score (nSPS) is 11.7. The summed E-state index contributed by atoms with van der Waals surface area (Å²) >= 11 is 0. The molecule has 142 valence electrons. The molecule has 0 saturated carbocycles. The van der Waals surface area contributed by atoms with Gasteiger partial charge in [0, 0.05) is 38.3 Å². The predicted octanol–water partition coefficient (Wildman–Crippen LogP) is 2.73. The van der Waals surface area contributed by atoms with Gasteiger partial charge in [-0.15, -0.1) is 0 Å². The zero-order chi connectivity index (χ0) is 18.5. The number of guanidine groups is 1. The highest BCUT2D eigenvalue weighted by atomic mass is 16.5. The number of pyridine rings is 1. The summed E-state index contributed by atoms with van der Waals surface area (Å²) in [4.78, 5) is 8.72. The van der Waals surface area contributed by atoms with E-state index in [4.69, 9.17) is 9.47 Å². The van der Waals surface area contributed by atoms with Crippen molar-refractivity contribution < 1.29 is 9.47 Å². The Bertz CT molecular complexity index is 670. The second-order valence-corrected chi connectivity index (χ2v) is 5.92. The molecule has 6 heteroatoms. The van der Waals surface area contributed by atoms with Gasteiger partial charge in [0.2, 0.25) is 0 Å².